The van der Waals surface area contributed by atoms with Crippen LogP contribution in [0.15, 0.2) is 36.4 Å². The molecule has 0 aliphatic carbocycles. The van der Waals surface area contributed by atoms with Gasteiger partial charge < -0.3 is 14.7 Å². The quantitative estimate of drug-likeness (QED) is 0.314. The molecule has 0 amide bonds. The van der Waals surface area contributed by atoms with Crippen LogP contribution in [0.4, 0.5) is 5.69 Å². The van der Waals surface area contributed by atoms with Gasteiger partial charge >= 0.3 is 5.69 Å². The van der Waals surface area contributed by atoms with Gasteiger partial charge in [-0.2, -0.15) is 11.8 Å². The average Bonchev–Trinajstić information content (AvgIpc) is 2.78. The molecule has 0 saturated carbocycles. The van der Waals surface area contributed by atoms with Crippen molar-refractivity contribution in [1.29, 1.82) is 0 Å². The summed E-state index contributed by atoms with van der Waals surface area (Å²) in [6, 6.07) is 10.6. The molecule has 7 heteroatoms. The maximum absolute atomic E-state index is 11.2. The van der Waals surface area contributed by atoms with Crippen molar-refractivity contribution in [2.75, 3.05) is 32.5 Å². The number of thioether (sulfide) groups is 1. The van der Waals surface area contributed by atoms with Crippen LogP contribution in [0, 0.1) is 17.0 Å². The zero-order valence-corrected chi connectivity index (χ0v) is 18.9. The van der Waals surface area contributed by atoms with Gasteiger partial charge in [-0.25, -0.2) is 0 Å². The predicted molar refractivity (Wildman–Crippen MR) is 127 cm³/mol. The lowest BCUT2D eigenvalue weighted by molar-refractivity contribution is -0.385. The van der Waals surface area contributed by atoms with E-state index >= 15 is 0 Å². The van der Waals surface area contributed by atoms with Gasteiger partial charge in [0.2, 0.25) is 0 Å². The Labute approximate surface area is 188 Å². The zero-order valence-electron chi connectivity index (χ0n) is 18.1. The van der Waals surface area contributed by atoms with Crippen LogP contribution in [0.5, 0.6) is 5.75 Å². The highest BCUT2D eigenvalue weighted by atomic mass is 32.2. The van der Waals surface area contributed by atoms with Crippen molar-refractivity contribution in [3.05, 3.63) is 64.6 Å². The number of aromatic hydroxyl groups is 1. The normalized spacial score (nSPS) is 15.7. The summed E-state index contributed by atoms with van der Waals surface area (Å²) in [6.45, 7) is 8.62. The molecule has 0 aromatic heterocycles. The lowest BCUT2D eigenvalue weighted by atomic mass is 9.96. The number of nitrogens with zero attached hydrogens (tertiary/aromatic N) is 2. The maximum Gasteiger partial charge on any atom is 0.311 e. The van der Waals surface area contributed by atoms with Gasteiger partial charge in [-0.3, -0.25) is 10.1 Å². The Morgan fingerprint density at radius 1 is 1.16 bits per heavy atom. The highest BCUT2D eigenvalue weighted by molar-refractivity contribution is 7.99. The Morgan fingerprint density at radius 3 is 2.58 bits per heavy atom. The molecule has 1 atom stereocenters. The van der Waals surface area contributed by atoms with E-state index in [1.165, 1.54) is 37.0 Å². The number of rotatable bonds is 10. The third-order valence-electron chi connectivity index (χ3n) is 5.75. The third kappa shape index (κ3) is 6.69. The molecular weight excluding hydrogens is 412 g/mol. The molecule has 1 N–H and O–H groups in total. The topological polar surface area (TPSA) is 75.8 Å². The lowest BCUT2D eigenvalue weighted by Gasteiger charge is -2.26. The second kappa shape index (κ2) is 11.5. The van der Waals surface area contributed by atoms with Crippen LogP contribution < -0.4 is 0 Å². The summed E-state index contributed by atoms with van der Waals surface area (Å²) >= 11 is 1.72. The number of hydrogen-bond donors (Lipinski definition) is 1. The second-order valence-electron chi connectivity index (χ2n) is 7.96. The minimum Gasteiger partial charge on any atom is -0.502 e. The molecule has 1 unspecified atom stereocenters. The van der Waals surface area contributed by atoms with Crippen LogP contribution in [0.2, 0.25) is 0 Å². The summed E-state index contributed by atoms with van der Waals surface area (Å²) in [6.07, 6.45) is 6.75. The van der Waals surface area contributed by atoms with Crippen molar-refractivity contribution in [3.8, 4) is 16.9 Å². The minimum atomic E-state index is -0.566. The summed E-state index contributed by atoms with van der Waals surface area (Å²) in [4.78, 5) is 13.1. The number of phenolic OH excluding ortho intramolecular Hbond substituents is 1. The highest BCUT2D eigenvalue weighted by Crippen LogP contribution is 2.32. The molecular formula is C24H31N2O4S. The van der Waals surface area contributed by atoms with Crippen LogP contribution >= 0.6 is 11.8 Å². The number of ether oxygens (including phenoxy) is 1. The SMILES string of the molecule is [CH2]C(Cc1ccc(-c2ccc(O)c([N+](=O)[O-])c2)cc1COCCN1CCCCC1)SC. The van der Waals surface area contributed by atoms with E-state index in [2.05, 4.69) is 24.1 Å². The van der Waals surface area contributed by atoms with E-state index in [1.807, 2.05) is 12.1 Å². The largest absolute Gasteiger partial charge is 0.502 e. The average molecular weight is 444 g/mol. The fraction of sp³-hybridized carbons (Fsp3) is 0.458. The smallest absolute Gasteiger partial charge is 0.311 e. The molecule has 1 radical (unpaired) electrons. The number of benzene rings is 2. The molecule has 1 aliphatic heterocycles. The predicted octanol–water partition coefficient (Wildman–Crippen LogP) is 5.08. The molecule has 0 bridgehead atoms. The summed E-state index contributed by atoms with van der Waals surface area (Å²) in [5, 5.41) is 21.2. The van der Waals surface area contributed by atoms with Gasteiger partial charge in [0, 0.05) is 17.9 Å². The minimum absolute atomic E-state index is 0.243. The van der Waals surface area contributed by atoms with E-state index in [0.29, 0.717) is 18.8 Å². The molecule has 2 aromatic rings. The fourth-order valence-electron chi connectivity index (χ4n) is 3.88. The van der Waals surface area contributed by atoms with Gasteiger partial charge in [0.15, 0.2) is 5.75 Å². The second-order valence-corrected chi connectivity index (χ2v) is 9.10. The first-order valence-corrected chi connectivity index (χ1v) is 12.0. The molecule has 1 heterocycles. The van der Waals surface area contributed by atoms with E-state index < -0.39 is 4.92 Å². The zero-order chi connectivity index (χ0) is 22.2. The Bertz CT molecular complexity index is 884. The van der Waals surface area contributed by atoms with Gasteiger partial charge in [0.05, 0.1) is 18.1 Å². The first-order valence-electron chi connectivity index (χ1n) is 10.7. The molecule has 2 aromatic carbocycles. The Hall–Kier alpha value is -2.09. The van der Waals surface area contributed by atoms with Crippen molar-refractivity contribution in [3.63, 3.8) is 0 Å². The molecule has 1 saturated heterocycles. The van der Waals surface area contributed by atoms with Gasteiger partial charge in [0.25, 0.3) is 0 Å². The molecule has 6 nitrogen and oxygen atoms in total. The lowest BCUT2D eigenvalue weighted by Crippen LogP contribution is -2.32. The van der Waals surface area contributed by atoms with Crippen molar-refractivity contribution in [1.82, 2.24) is 4.90 Å². The number of likely N-dealkylation sites (tertiary alicyclic amines) is 1. The monoisotopic (exact) mass is 443 g/mol. The first-order chi connectivity index (χ1) is 15.0. The van der Waals surface area contributed by atoms with E-state index in [4.69, 9.17) is 4.74 Å². The van der Waals surface area contributed by atoms with Gasteiger partial charge in [-0.15, -0.1) is 0 Å². The van der Waals surface area contributed by atoms with E-state index in [-0.39, 0.29) is 16.7 Å². The molecule has 167 valence electrons. The Morgan fingerprint density at radius 2 is 1.87 bits per heavy atom. The summed E-state index contributed by atoms with van der Waals surface area (Å²) < 4.78 is 6.03. The first kappa shape index (κ1) is 23.6. The van der Waals surface area contributed by atoms with E-state index in [0.717, 1.165) is 37.2 Å². The van der Waals surface area contributed by atoms with Gasteiger partial charge in [0.1, 0.15) is 0 Å². The number of piperidine rings is 1. The van der Waals surface area contributed by atoms with Crippen LogP contribution in [-0.2, 0) is 17.8 Å². The van der Waals surface area contributed by atoms with Crippen molar-refractivity contribution in [2.24, 2.45) is 0 Å². The van der Waals surface area contributed by atoms with Gasteiger partial charge in [-0.05, 0) is 79.9 Å². The molecule has 1 aliphatic rings. The molecule has 0 spiro atoms. The maximum atomic E-state index is 11.2. The number of nitro benzene ring substituents is 1. The highest BCUT2D eigenvalue weighted by Gasteiger charge is 2.16. The molecule has 3 rings (SSSR count). The summed E-state index contributed by atoms with van der Waals surface area (Å²) in [5.41, 5.74) is 3.54. The molecule has 1 fully saturated rings. The van der Waals surface area contributed by atoms with Crippen LogP contribution in [-0.4, -0.2) is 52.7 Å². The molecule has 31 heavy (non-hydrogen) atoms. The summed E-state index contributed by atoms with van der Waals surface area (Å²) in [5.74, 6) is -0.327. The Balaban J connectivity index is 1.76. The summed E-state index contributed by atoms with van der Waals surface area (Å²) in [7, 11) is 0. The number of hydrogen-bond acceptors (Lipinski definition) is 6. The fourth-order valence-corrected chi connectivity index (χ4v) is 4.22. The van der Waals surface area contributed by atoms with E-state index in [9.17, 15) is 15.2 Å². The van der Waals surface area contributed by atoms with E-state index in [1.54, 1.807) is 17.8 Å². The van der Waals surface area contributed by atoms with Crippen LogP contribution in [0.1, 0.15) is 30.4 Å². The van der Waals surface area contributed by atoms with Crippen molar-refractivity contribution < 1.29 is 14.8 Å². The Kier molecular flexibility index (Phi) is 8.75. The van der Waals surface area contributed by atoms with Crippen molar-refractivity contribution in [2.45, 2.75) is 37.5 Å². The van der Waals surface area contributed by atoms with Gasteiger partial charge in [-0.1, -0.05) is 24.6 Å². The van der Waals surface area contributed by atoms with Crippen LogP contribution in [0.3, 0.4) is 0 Å². The third-order valence-corrected chi connectivity index (χ3v) is 6.58. The standard InChI is InChI=1S/C24H31N2O4S/c1-18(31-2)14-19-6-7-20(21-8-9-24(27)23(16-21)26(28)29)15-22(19)17-30-13-12-25-10-4-3-5-11-25/h6-9,15-16,18,27H,1,3-5,10-14,17H2,2H3. The van der Waals surface area contributed by atoms with Crippen LogP contribution in [0.25, 0.3) is 11.1 Å². The van der Waals surface area contributed by atoms with Crippen molar-refractivity contribution >= 4 is 17.4 Å². The number of nitro groups is 1. The number of phenols is 1.